The fourth-order valence-corrected chi connectivity index (χ4v) is 5.46. The number of hydrogen-bond donors (Lipinski definition) is 4. The van der Waals surface area contributed by atoms with Crippen LogP contribution in [-0.4, -0.2) is 89.6 Å². The highest BCUT2D eigenvalue weighted by Crippen LogP contribution is 2.22. The summed E-state index contributed by atoms with van der Waals surface area (Å²) in [6, 6.07) is 0. The van der Waals surface area contributed by atoms with Gasteiger partial charge in [-0.05, 0) is 77.0 Å². The van der Waals surface area contributed by atoms with Gasteiger partial charge in [-0.15, -0.1) is 0 Å². The van der Waals surface area contributed by atoms with Gasteiger partial charge in [0.05, 0.1) is 19.8 Å². The predicted molar refractivity (Wildman–Crippen MR) is 210 cm³/mol. The average molecular weight is 733 g/mol. The summed E-state index contributed by atoms with van der Waals surface area (Å²) in [7, 11) is 0. The van der Waals surface area contributed by atoms with Crippen LogP contribution in [0.25, 0.3) is 0 Å². The number of carbonyl (C=O) groups is 1. The van der Waals surface area contributed by atoms with Crippen molar-refractivity contribution < 1.29 is 44.2 Å². The molecule has 0 spiro atoms. The number of carbonyl (C=O) groups excluding carboxylic acids is 1. The monoisotopic (exact) mass is 733 g/mol. The highest BCUT2D eigenvalue weighted by molar-refractivity contribution is 5.69. The molecule has 6 atom stereocenters. The number of hydrogen-bond acceptors (Lipinski definition) is 9. The van der Waals surface area contributed by atoms with Crippen molar-refractivity contribution in [2.75, 3.05) is 26.4 Å². The second kappa shape index (κ2) is 34.4. The Morgan fingerprint density at radius 3 is 1.77 bits per heavy atom. The van der Waals surface area contributed by atoms with Crippen LogP contribution in [0.1, 0.15) is 129 Å². The van der Waals surface area contributed by atoms with E-state index < -0.39 is 43.4 Å². The third-order valence-electron chi connectivity index (χ3n) is 8.59. The molecule has 0 aliphatic carbocycles. The van der Waals surface area contributed by atoms with E-state index in [1.54, 1.807) is 0 Å². The quantitative estimate of drug-likeness (QED) is 0.0307. The Bertz CT molecular complexity index is 1020. The maximum Gasteiger partial charge on any atom is 0.306 e. The lowest BCUT2D eigenvalue weighted by Gasteiger charge is -2.39. The maximum atomic E-state index is 12.7. The molecule has 52 heavy (non-hydrogen) atoms. The van der Waals surface area contributed by atoms with Gasteiger partial charge in [-0.2, -0.15) is 0 Å². The maximum absolute atomic E-state index is 12.7. The van der Waals surface area contributed by atoms with Gasteiger partial charge in [-0.1, -0.05) is 119 Å². The van der Waals surface area contributed by atoms with E-state index >= 15 is 0 Å². The first-order valence-corrected chi connectivity index (χ1v) is 20.0. The molecule has 6 unspecified atom stereocenters. The zero-order chi connectivity index (χ0) is 37.9. The molecule has 0 aromatic heterocycles. The Kier molecular flexibility index (Phi) is 31.5. The molecule has 0 amide bonds. The minimum atomic E-state index is -1.55. The van der Waals surface area contributed by atoms with E-state index in [0.717, 1.165) is 77.0 Å². The Morgan fingerprint density at radius 2 is 1.17 bits per heavy atom. The number of esters is 1. The van der Waals surface area contributed by atoms with Gasteiger partial charge in [-0.3, -0.25) is 4.79 Å². The van der Waals surface area contributed by atoms with Crippen LogP contribution in [0.15, 0.2) is 72.9 Å². The van der Waals surface area contributed by atoms with Crippen molar-refractivity contribution in [1.82, 2.24) is 0 Å². The zero-order valence-electron chi connectivity index (χ0n) is 32.3. The van der Waals surface area contributed by atoms with Crippen molar-refractivity contribution >= 4 is 5.97 Å². The topological polar surface area (TPSA) is 135 Å². The molecule has 1 rings (SSSR count). The average Bonchev–Trinajstić information content (AvgIpc) is 3.14. The summed E-state index contributed by atoms with van der Waals surface area (Å²) in [5.74, 6) is -0.362. The van der Waals surface area contributed by atoms with Crippen molar-refractivity contribution in [3.05, 3.63) is 72.9 Å². The summed E-state index contributed by atoms with van der Waals surface area (Å²) in [5.41, 5.74) is 0. The van der Waals surface area contributed by atoms with E-state index in [0.29, 0.717) is 13.0 Å². The van der Waals surface area contributed by atoms with Crippen molar-refractivity contribution in [3.63, 3.8) is 0 Å². The van der Waals surface area contributed by atoms with Gasteiger partial charge in [0.25, 0.3) is 0 Å². The Hall–Kier alpha value is -2.37. The molecule has 1 aliphatic rings. The first-order valence-electron chi connectivity index (χ1n) is 20.0. The number of ether oxygens (including phenoxy) is 4. The standard InChI is InChI=1S/C43H72O9/c1-3-5-7-9-11-13-15-17-19-20-22-24-26-28-30-32-39(45)51-37(36-50-43-42(48)41(47)40(46)38(34-44)52-43)35-49-33-31-29-27-25-23-21-18-16-14-12-10-8-6-4-2/h5,7-8,10-11,13-14,16-17,19,22,24,37-38,40-44,46-48H,3-4,6,9,12,15,18,20-21,23,25-36H2,1-2H3/b7-5-,10-8-,13-11-,16-14-,19-17-,24-22-. The molecular formula is C43H72O9. The van der Waals surface area contributed by atoms with Gasteiger partial charge in [0, 0.05) is 13.0 Å². The number of allylic oxidation sites excluding steroid dienone is 12. The van der Waals surface area contributed by atoms with E-state index in [-0.39, 0.29) is 25.6 Å². The van der Waals surface area contributed by atoms with Gasteiger partial charge in [0.1, 0.15) is 30.5 Å². The van der Waals surface area contributed by atoms with Crippen LogP contribution >= 0.6 is 0 Å². The number of aliphatic hydroxyl groups excluding tert-OH is 4. The molecule has 1 fully saturated rings. The molecule has 1 aliphatic heterocycles. The summed E-state index contributed by atoms with van der Waals surface area (Å²) in [6.45, 7) is 4.27. The van der Waals surface area contributed by atoms with E-state index in [1.165, 1.54) is 25.7 Å². The van der Waals surface area contributed by atoms with Crippen molar-refractivity contribution in [3.8, 4) is 0 Å². The summed E-state index contributed by atoms with van der Waals surface area (Å²) < 4.78 is 22.7. The molecule has 0 radical (unpaired) electrons. The van der Waals surface area contributed by atoms with E-state index in [9.17, 15) is 25.2 Å². The van der Waals surface area contributed by atoms with Crippen molar-refractivity contribution in [2.24, 2.45) is 0 Å². The van der Waals surface area contributed by atoms with E-state index in [1.807, 2.05) is 0 Å². The van der Waals surface area contributed by atoms with Gasteiger partial charge >= 0.3 is 5.97 Å². The largest absolute Gasteiger partial charge is 0.457 e. The van der Waals surface area contributed by atoms with Crippen LogP contribution in [0.5, 0.6) is 0 Å². The zero-order valence-corrected chi connectivity index (χ0v) is 32.3. The summed E-state index contributed by atoms with van der Waals surface area (Å²) in [5, 5.41) is 40.0. The van der Waals surface area contributed by atoms with Crippen LogP contribution < -0.4 is 0 Å². The van der Waals surface area contributed by atoms with Gasteiger partial charge < -0.3 is 39.4 Å². The minimum absolute atomic E-state index is 0.116. The molecular weight excluding hydrogens is 660 g/mol. The van der Waals surface area contributed by atoms with Gasteiger partial charge in [-0.25, -0.2) is 0 Å². The normalized spacial score (nSPS) is 22.0. The van der Waals surface area contributed by atoms with E-state index in [4.69, 9.17) is 18.9 Å². The van der Waals surface area contributed by atoms with Crippen LogP contribution in [0.3, 0.4) is 0 Å². The Morgan fingerprint density at radius 1 is 0.635 bits per heavy atom. The molecule has 0 aromatic rings. The third-order valence-corrected chi connectivity index (χ3v) is 8.59. The van der Waals surface area contributed by atoms with Crippen molar-refractivity contribution in [1.29, 1.82) is 0 Å². The third kappa shape index (κ3) is 25.6. The Labute approximate surface area is 315 Å². The highest BCUT2D eigenvalue weighted by Gasteiger charge is 2.44. The number of unbranched alkanes of at least 4 members (excludes halogenated alkanes) is 9. The van der Waals surface area contributed by atoms with Crippen molar-refractivity contribution in [2.45, 2.75) is 166 Å². The SMILES string of the molecule is CC/C=C\C/C=C\C/C=C\C/C=C\CCCCC(=O)OC(COCCCCCCCC/C=C\C/C=C\CCC)COC1OC(CO)C(O)C(O)C1O. The van der Waals surface area contributed by atoms with Crippen LogP contribution in [0.2, 0.25) is 0 Å². The minimum Gasteiger partial charge on any atom is -0.457 e. The Balaban J connectivity index is 2.37. The second-order valence-electron chi connectivity index (χ2n) is 13.3. The molecule has 298 valence electrons. The predicted octanol–water partition coefficient (Wildman–Crippen LogP) is 8.13. The fourth-order valence-electron chi connectivity index (χ4n) is 5.46. The summed E-state index contributed by atoms with van der Waals surface area (Å²) in [6.07, 6.45) is 36.4. The number of aliphatic hydroxyl groups is 4. The first kappa shape index (κ1) is 47.7. The molecule has 0 saturated carbocycles. The fraction of sp³-hybridized carbons (Fsp3) is 0.698. The molecule has 0 bridgehead atoms. The molecule has 4 N–H and O–H groups in total. The van der Waals surface area contributed by atoms with Gasteiger partial charge in [0.15, 0.2) is 6.29 Å². The van der Waals surface area contributed by atoms with E-state index in [2.05, 4.69) is 86.8 Å². The molecule has 1 saturated heterocycles. The number of rotatable bonds is 32. The molecule has 1 heterocycles. The molecule has 0 aromatic carbocycles. The lowest BCUT2D eigenvalue weighted by Crippen LogP contribution is -2.59. The van der Waals surface area contributed by atoms with Crippen LogP contribution in [-0.2, 0) is 23.7 Å². The van der Waals surface area contributed by atoms with Gasteiger partial charge in [0.2, 0.25) is 0 Å². The smallest absolute Gasteiger partial charge is 0.306 e. The highest BCUT2D eigenvalue weighted by atomic mass is 16.7. The van der Waals surface area contributed by atoms with Crippen LogP contribution in [0, 0.1) is 0 Å². The molecule has 9 nitrogen and oxygen atoms in total. The lowest BCUT2D eigenvalue weighted by atomic mass is 9.99. The summed E-state index contributed by atoms with van der Waals surface area (Å²) in [4.78, 5) is 12.7. The summed E-state index contributed by atoms with van der Waals surface area (Å²) >= 11 is 0. The lowest BCUT2D eigenvalue weighted by molar-refractivity contribution is -0.305. The van der Waals surface area contributed by atoms with Crippen LogP contribution in [0.4, 0.5) is 0 Å². The second-order valence-corrected chi connectivity index (χ2v) is 13.3. The first-order chi connectivity index (χ1) is 25.4. The molecule has 9 heteroatoms.